The van der Waals surface area contributed by atoms with Crippen molar-refractivity contribution in [1.82, 2.24) is 14.7 Å². The van der Waals surface area contributed by atoms with E-state index in [2.05, 4.69) is 21.6 Å². The maximum Gasteiger partial charge on any atom is 0.290 e. The second-order valence-corrected chi connectivity index (χ2v) is 6.58. The minimum absolute atomic E-state index is 0.0364. The number of likely N-dealkylation sites (tertiary alicyclic amines) is 1. The zero-order chi connectivity index (χ0) is 20.5. The molecular weight excluding hydrogens is 354 g/mol. The van der Waals surface area contributed by atoms with Gasteiger partial charge >= 0.3 is 0 Å². The fourth-order valence-electron chi connectivity index (χ4n) is 3.44. The van der Waals surface area contributed by atoms with Crippen molar-refractivity contribution in [3.05, 3.63) is 0 Å². The summed E-state index contributed by atoms with van der Waals surface area (Å²) in [5, 5.41) is 22.7. The van der Waals surface area contributed by atoms with Crippen LogP contribution in [0.5, 0.6) is 0 Å². The highest BCUT2D eigenvalue weighted by Gasteiger charge is 2.28. The van der Waals surface area contributed by atoms with Crippen LogP contribution in [0, 0.1) is 0 Å². The summed E-state index contributed by atoms with van der Waals surface area (Å²) in [6.07, 6.45) is 5.64. The highest BCUT2D eigenvalue weighted by Crippen LogP contribution is 2.15. The number of nitrogens with zero attached hydrogens (tertiary/aromatic N) is 3. The molecule has 1 atom stereocenters. The fourth-order valence-corrected chi connectivity index (χ4v) is 3.44. The Labute approximate surface area is 161 Å². The van der Waals surface area contributed by atoms with E-state index < -0.39 is 0 Å². The van der Waals surface area contributed by atoms with Crippen LogP contribution >= 0.6 is 0 Å². The average Bonchev–Trinajstić information content (AvgIpc) is 2.93. The minimum atomic E-state index is -0.250. The van der Waals surface area contributed by atoms with E-state index >= 15 is 0 Å². The summed E-state index contributed by atoms with van der Waals surface area (Å²) in [7, 11) is 0. The van der Waals surface area contributed by atoms with E-state index in [1.807, 2.05) is 0 Å². The number of rotatable bonds is 5. The van der Waals surface area contributed by atoms with Gasteiger partial charge in [-0.1, -0.05) is 6.42 Å². The molecule has 0 saturated carbocycles. The maximum absolute atomic E-state index is 12.7. The van der Waals surface area contributed by atoms with E-state index in [0.717, 1.165) is 58.7 Å². The summed E-state index contributed by atoms with van der Waals surface area (Å²) in [5.74, 6) is 0.306. The molecule has 9 nitrogen and oxygen atoms in total. The molecule has 0 aliphatic carbocycles. The Morgan fingerprint density at radius 2 is 1.52 bits per heavy atom. The summed E-state index contributed by atoms with van der Waals surface area (Å²) in [5.41, 5.74) is 0. The molecule has 0 aromatic heterocycles. The Morgan fingerprint density at radius 3 is 2.07 bits per heavy atom. The van der Waals surface area contributed by atoms with E-state index in [4.69, 9.17) is 24.9 Å². The molecule has 0 aromatic rings. The number of hydrogen-bond donors (Lipinski definition) is 3. The first-order valence-electron chi connectivity index (χ1n) is 9.57. The third kappa shape index (κ3) is 10.9. The number of hydrogen-bond acceptors (Lipinski definition) is 6. The fraction of sp³-hybridized carbons (Fsp3) is 0.833. The van der Waals surface area contributed by atoms with Crippen LogP contribution in [0.1, 0.15) is 39.0 Å². The maximum atomic E-state index is 12.7. The first kappa shape index (κ1) is 25.3. The standard InChI is InChI=1S/C16H31N3O2.2CH2O2/c1-15(18-9-3-2-4-10-18)16(21)19-11-5-7-17(12-13-19)8-6-14-20;2*2-1-3/h15,20H,2-14H2,1H3;2*1H,(H,2,3). The van der Waals surface area contributed by atoms with Gasteiger partial charge in [0.1, 0.15) is 0 Å². The molecule has 2 heterocycles. The predicted molar refractivity (Wildman–Crippen MR) is 102 cm³/mol. The van der Waals surface area contributed by atoms with Gasteiger partial charge in [0.25, 0.3) is 12.9 Å². The largest absolute Gasteiger partial charge is 0.483 e. The SMILES string of the molecule is CC(C(=O)N1CCCN(CCCO)CC1)N1CCCCC1.O=CO.O=CO. The van der Waals surface area contributed by atoms with Crippen LogP contribution in [0.3, 0.4) is 0 Å². The molecule has 3 N–H and O–H groups in total. The zero-order valence-electron chi connectivity index (χ0n) is 16.3. The van der Waals surface area contributed by atoms with Gasteiger partial charge in [-0.15, -0.1) is 0 Å². The molecule has 27 heavy (non-hydrogen) atoms. The molecule has 2 rings (SSSR count). The highest BCUT2D eigenvalue weighted by molar-refractivity contribution is 5.81. The van der Waals surface area contributed by atoms with Crippen molar-refractivity contribution in [2.45, 2.75) is 45.1 Å². The Balaban J connectivity index is 0.000000997. The monoisotopic (exact) mass is 389 g/mol. The van der Waals surface area contributed by atoms with Gasteiger partial charge in [-0.2, -0.15) is 0 Å². The molecule has 2 aliphatic heterocycles. The second-order valence-electron chi connectivity index (χ2n) is 6.58. The lowest BCUT2D eigenvalue weighted by molar-refractivity contribution is -0.136. The molecule has 158 valence electrons. The summed E-state index contributed by atoms with van der Waals surface area (Å²) in [4.78, 5) is 36.2. The Morgan fingerprint density at radius 1 is 0.926 bits per heavy atom. The quantitative estimate of drug-likeness (QED) is 0.569. The predicted octanol–water partition coefficient (Wildman–Crippen LogP) is 0.179. The third-order valence-corrected chi connectivity index (χ3v) is 4.83. The zero-order valence-corrected chi connectivity index (χ0v) is 16.3. The summed E-state index contributed by atoms with van der Waals surface area (Å²) >= 11 is 0. The molecule has 9 heteroatoms. The molecule has 0 bridgehead atoms. The van der Waals surface area contributed by atoms with Gasteiger partial charge in [-0.05, 0) is 52.2 Å². The summed E-state index contributed by atoms with van der Waals surface area (Å²) in [6.45, 7) is 8.62. The number of carbonyl (C=O) groups is 3. The highest BCUT2D eigenvalue weighted by atomic mass is 16.3. The van der Waals surface area contributed by atoms with Gasteiger partial charge < -0.3 is 25.1 Å². The molecule has 0 aromatic carbocycles. The van der Waals surface area contributed by atoms with Gasteiger partial charge in [0.05, 0.1) is 6.04 Å². The minimum Gasteiger partial charge on any atom is -0.483 e. The number of aliphatic hydroxyl groups excluding tert-OH is 1. The van der Waals surface area contributed by atoms with E-state index in [1.54, 1.807) is 0 Å². The van der Waals surface area contributed by atoms with E-state index in [-0.39, 0.29) is 25.6 Å². The van der Waals surface area contributed by atoms with Crippen molar-refractivity contribution in [2.75, 3.05) is 52.4 Å². The molecule has 2 saturated heterocycles. The van der Waals surface area contributed by atoms with Crippen molar-refractivity contribution in [2.24, 2.45) is 0 Å². The number of carbonyl (C=O) groups excluding carboxylic acids is 1. The normalized spacial score (nSPS) is 19.4. The van der Waals surface area contributed by atoms with E-state index in [0.29, 0.717) is 5.91 Å². The summed E-state index contributed by atoms with van der Waals surface area (Å²) in [6, 6.07) is 0.0364. The second kappa shape index (κ2) is 16.5. The van der Waals surface area contributed by atoms with Crippen LogP contribution in [0.2, 0.25) is 0 Å². The average molecular weight is 389 g/mol. The molecule has 2 aliphatic rings. The molecule has 0 spiro atoms. The Bertz CT molecular complexity index is 399. The summed E-state index contributed by atoms with van der Waals surface area (Å²) < 4.78 is 0. The van der Waals surface area contributed by atoms with Crippen LogP contribution in [0.4, 0.5) is 0 Å². The first-order chi connectivity index (χ1) is 13.0. The van der Waals surface area contributed by atoms with Crippen molar-refractivity contribution in [1.29, 1.82) is 0 Å². The van der Waals surface area contributed by atoms with Gasteiger partial charge in [-0.3, -0.25) is 19.3 Å². The number of amides is 1. The van der Waals surface area contributed by atoms with Gasteiger partial charge in [0.2, 0.25) is 5.91 Å². The molecular formula is C18H35N3O6. The van der Waals surface area contributed by atoms with Gasteiger partial charge in [-0.25, -0.2) is 0 Å². The van der Waals surface area contributed by atoms with Crippen LogP contribution in [-0.2, 0) is 14.4 Å². The van der Waals surface area contributed by atoms with Gasteiger partial charge in [0, 0.05) is 32.8 Å². The Hall–Kier alpha value is -1.71. The van der Waals surface area contributed by atoms with Crippen LogP contribution in [0.15, 0.2) is 0 Å². The van der Waals surface area contributed by atoms with Crippen LogP contribution in [0.25, 0.3) is 0 Å². The van der Waals surface area contributed by atoms with Crippen molar-refractivity contribution in [3.63, 3.8) is 0 Å². The molecule has 1 amide bonds. The molecule has 1 unspecified atom stereocenters. The lowest BCUT2D eigenvalue weighted by atomic mass is 10.1. The lowest BCUT2D eigenvalue weighted by Gasteiger charge is -2.34. The molecule has 0 radical (unpaired) electrons. The van der Waals surface area contributed by atoms with E-state index in [1.165, 1.54) is 19.3 Å². The number of aliphatic hydroxyl groups is 1. The lowest BCUT2D eigenvalue weighted by Crippen LogP contribution is -2.49. The third-order valence-electron chi connectivity index (χ3n) is 4.83. The topological polar surface area (TPSA) is 122 Å². The first-order valence-corrected chi connectivity index (χ1v) is 9.57. The van der Waals surface area contributed by atoms with Crippen molar-refractivity contribution < 1.29 is 29.7 Å². The van der Waals surface area contributed by atoms with Crippen LogP contribution in [-0.4, -0.2) is 107 Å². The smallest absolute Gasteiger partial charge is 0.290 e. The van der Waals surface area contributed by atoms with Crippen molar-refractivity contribution >= 4 is 18.9 Å². The Kier molecular flexibility index (Phi) is 15.4. The van der Waals surface area contributed by atoms with E-state index in [9.17, 15) is 4.79 Å². The van der Waals surface area contributed by atoms with Gasteiger partial charge in [0.15, 0.2) is 0 Å². The van der Waals surface area contributed by atoms with Crippen LogP contribution < -0.4 is 0 Å². The molecule has 2 fully saturated rings. The van der Waals surface area contributed by atoms with Crippen molar-refractivity contribution in [3.8, 4) is 0 Å². The number of carboxylic acid groups (broad SMARTS) is 2. The number of piperidine rings is 1.